The number of nitrogens with one attached hydrogen (secondary N) is 1. The van der Waals surface area contributed by atoms with E-state index in [2.05, 4.69) is 32.3 Å². The smallest absolute Gasteiger partial charge is 0.187 e. The molecule has 0 spiro atoms. The third-order valence-electron chi connectivity index (χ3n) is 2.94. The van der Waals surface area contributed by atoms with E-state index in [0.717, 1.165) is 28.1 Å². The molecule has 3 rings (SSSR count). The van der Waals surface area contributed by atoms with Crippen LogP contribution in [-0.4, -0.2) is 4.98 Å². The summed E-state index contributed by atoms with van der Waals surface area (Å²) in [7, 11) is 0. The fourth-order valence-electron chi connectivity index (χ4n) is 2.08. The summed E-state index contributed by atoms with van der Waals surface area (Å²) in [5.41, 5.74) is 2.66. The minimum atomic E-state index is 0.625. The normalized spacial score (nSPS) is 13.1. The fraction of sp³-hybridized carbons (Fsp3) is 0.231. The van der Waals surface area contributed by atoms with Crippen molar-refractivity contribution in [3.05, 3.63) is 38.8 Å². The molecule has 1 aromatic heterocycles. The van der Waals surface area contributed by atoms with Crippen LogP contribution in [0.1, 0.15) is 22.6 Å². The molecule has 2 aromatic rings. The molecule has 1 aromatic carbocycles. The monoisotopic (exact) mass is 319 g/mol. The van der Waals surface area contributed by atoms with Gasteiger partial charge in [0.25, 0.3) is 0 Å². The molecule has 1 aliphatic carbocycles. The molecule has 0 fully saturated rings. The van der Waals surface area contributed by atoms with Crippen molar-refractivity contribution in [3.8, 4) is 6.07 Å². The van der Waals surface area contributed by atoms with Gasteiger partial charge in [0, 0.05) is 9.35 Å². The minimum absolute atomic E-state index is 0.625. The lowest BCUT2D eigenvalue weighted by atomic mass is 10.2. The number of halogens is 1. The average Bonchev–Trinajstić information content (AvgIpc) is 2.92. The van der Waals surface area contributed by atoms with Crippen molar-refractivity contribution < 1.29 is 0 Å². The Labute approximate surface area is 118 Å². The molecule has 0 unspecified atom stereocenters. The van der Waals surface area contributed by atoms with Crippen LogP contribution in [0.15, 0.2) is 22.7 Å². The zero-order valence-corrected chi connectivity index (χ0v) is 11.9. The Morgan fingerprint density at radius 2 is 2.28 bits per heavy atom. The molecule has 90 valence electrons. The van der Waals surface area contributed by atoms with Gasteiger partial charge in [-0.3, -0.25) is 0 Å². The van der Waals surface area contributed by atoms with E-state index < -0.39 is 0 Å². The standard InChI is InChI=1S/C13H10BrN3S/c14-9-4-5-10(8(6-9)7-15)16-13-17-11-2-1-3-12(11)18-13/h4-6H,1-3H2,(H,16,17). The molecule has 18 heavy (non-hydrogen) atoms. The van der Waals surface area contributed by atoms with Gasteiger partial charge in [-0.2, -0.15) is 5.26 Å². The van der Waals surface area contributed by atoms with E-state index in [1.165, 1.54) is 17.0 Å². The third kappa shape index (κ3) is 2.14. The van der Waals surface area contributed by atoms with Gasteiger partial charge >= 0.3 is 0 Å². The second-order valence-electron chi connectivity index (χ2n) is 4.17. The molecule has 0 saturated heterocycles. The number of fused-ring (bicyclic) bond motifs is 1. The topological polar surface area (TPSA) is 48.7 Å². The molecule has 1 aliphatic rings. The Kier molecular flexibility index (Phi) is 3.06. The summed E-state index contributed by atoms with van der Waals surface area (Å²) >= 11 is 5.06. The van der Waals surface area contributed by atoms with E-state index in [4.69, 9.17) is 5.26 Å². The van der Waals surface area contributed by atoms with Crippen LogP contribution in [0.2, 0.25) is 0 Å². The average molecular weight is 320 g/mol. The van der Waals surface area contributed by atoms with Crippen molar-refractivity contribution in [1.82, 2.24) is 4.98 Å². The molecule has 0 amide bonds. The highest BCUT2D eigenvalue weighted by Gasteiger charge is 2.17. The van der Waals surface area contributed by atoms with Crippen molar-refractivity contribution in [2.75, 3.05) is 5.32 Å². The zero-order valence-electron chi connectivity index (χ0n) is 9.53. The molecule has 1 heterocycles. The Bertz CT molecular complexity index is 621. The minimum Gasteiger partial charge on any atom is -0.330 e. The first-order valence-electron chi connectivity index (χ1n) is 5.71. The van der Waals surface area contributed by atoms with Crippen molar-refractivity contribution in [3.63, 3.8) is 0 Å². The summed E-state index contributed by atoms with van der Waals surface area (Å²) in [6.07, 6.45) is 3.44. The second kappa shape index (κ2) is 4.71. The highest BCUT2D eigenvalue weighted by atomic mass is 79.9. The molecule has 5 heteroatoms. The number of thiazole rings is 1. The molecule has 0 atom stereocenters. The summed E-state index contributed by atoms with van der Waals surface area (Å²) in [6.45, 7) is 0. The number of benzene rings is 1. The van der Waals surface area contributed by atoms with E-state index in [9.17, 15) is 0 Å². The van der Waals surface area contributed by atoms with Gasteiger partial charge < -0.3 is 5.32 Å². The lowest BCUT2D eigenvalue weighted by molar-refractivity contribution is 0.900. The molecular formula is C13H10BrN3S. The predicted octanol–water partition coefficient (Wildman–Crippen LogP) is 4.01. The SMILES string of the molecule is N#Cc1cc(Br)ccc1Nc1nc2c(s1)CCC2. The molecule has 3 nitrogen and oxygen atoms in total. The van der Waals surface area contributed by atoms with E-state index in [1.807, 2.05) is 18.2 Å². The van der Waals surface area contributed by atoms with Gasteiger partial charge in [0.15, 0.2) is 5.13 Å². The van der Waals surface area contributed by atoms with Crippen molar-refractivity contribution >= 4 is 38.1 Å². The lowest BCUT2D eigenvalue weighted by Gasteiger charge is -2.05. The summed E-state index contributed by atoms with van der Waals surface area (Å²) < 4.78 is 0.909. The number of aryl methyl sites for hydroxylation is 2. The molecule has 0 saturated carbocycles. The first-order chi connectivity index (χ1) is 8.76. The van der Waals surface area contributed by atoms with Gasteiger partial charge in [-0.1, -0.05) is 15.9 Å². The van der Waals surface area contributed by atoms with Crippen LogP contribution in [-0.2, 0) is 12.8 Å². The van der Waals surface area contributed by atoms with Crippen LogP contribution in [0.25, 0.3) is 0 Å². The summed E-state index contributed by atoms with van der Waals surface area (Å²) in [6, 6.07) is 7.82. The van der Waals surface area contributed by atoms with Crippen LogP contribution >= 0.6 is 27.3 Å². The highest BCUT2D eigenvalue weighted by molar-refractivity contribution is 9.10. The quantitative estimate of drug-likeness (QED) is 0.909. The summed E-state index contributed by atoms with van der Waals surface area (Å²) in [4.78, 5) is 5.95. The third-order valence-corrected chi connectivity index (χ3v) is 4.51. The Morgan fingerprint density at radius 3 is 3.06 bits per heavy atom. The van der Waals surface area contributed by atoms with Crippen LogP contribution in [0.3, 0.4) is 0 Å². The Morgan fingerprint density at radius 1 is 1.39 bits per heavy atom. The van der Waals surface area contributed by atoms with Crippen LogP contribution in [0, 0.1) is 11.3 Å². The van der Waals surface area contributed by atoms with E-state index in [0.29, 0.717) is 5.56 Å². The van der Waals surface area contributed by atoms with E-state index >= 15 is 0 Å². The highest BCUT2D eigenvalue weighted by Crippen LogP contribution is 2.33. The number of anilines is 2. The van der Waals surface area contributed by atoms with Gasteiger partial charge in [0.1, 0.15) is 6.07 Å². The van der Waals surface area contributed by atoms with Gasteiger partial charge in [0.2, 0.25) is 0 Å². The maximum atomic E-state index is 9.11. The molecule has 1 N–H and O–H groups in total. The summed E-state index contributed by atoms with van der Waals surface area (Å²) in [5.74, 6) is 0. The van der Waals surface area contributed by atoms with Crippen molar-refractivity contribution in [2.24, 2.45) is 0 Å². The number of hydrogen-bond acceptors (Lipinski definition) is 4. The van der Waals surface area contributed by atoms with Gasteiger partial charge in [-0.25, -0.2) is 4.98 Å². The predicted molar refractivity (Wildman–Crippen MR) is 76.3 cm³/mol. The summed E-state index contributed by atoms with van der Waals surface area (Å²) in [5, 5.41) is 13.2. The number of hydrogen-bond donors (Lipinski definition) is 1. The van der Waals surface area contributed by atoms with Gasteiger partial charge in [-0.05, 0) is 37.5 Å². The van der Waals surface area contributed by atoms with Crippen molar-refractivity contribution in [2.45, 2.75) is 19.3 Å². The van der Waals surface area contributed by atoms with E-state index in [-0.39, 0.29) is 0 Å². The Hall–Kier alpha value is -1.38. The largest absolute Gasteiger partial charge is 0.330 e. The van der Waals surface area contributed by atoms with Crippen LogP contribution < -0.4 is 5.32 Å². The number of aromatic nitrogens is 1. The first-order valence-corrected chi connectivity index (χ1v) is 7.32. The van der Waals surface area contributed by atoms with E-state index in [1.54, 1.807) is 11.3 Å². The zero-order chi connectivity index (χ0) is 12.5. The van der Waals surface area contributed by atoms with Crippen molar-refractivity contribution in [1.29, 1.82) is 5.26 Å². The molecule has 0 aliphatic heterocycles. The van der Waals surface area contributed by atoms with Gasteiger partial charge in [-0.15, -0.1) is 11.3 Å². The van der Waals surface area contributed by atoms with Gasteiger partial charge in [0.05, 0.1) is 16.9 Å². The van der Waals surface area contributed by atoms with Crippen LogP contribution in [0.4, 0.5) is 10.8 Å². The van der Waals surface area contributed by atoms with Crippen LogP contribution in [0.5, 0.6) is 0 Å². The molecular weight excluding hydrogens is 310 g/mol. The number of rotatable bonds is 2. The fourth-order valence-corrected chi connectivity index (χ4v) is 3.50. The molecule has 0 bridgehead atoms. The second-order valence-corrected chi connectivity index (χ2v) is 6.17. The molecule has 0 radical (unpaired) electrons. The lowest BCUT2D eigenvalue weighted by Crippen LogP contribution is -1.93. The maximum absolute atomic E-state index is 9.11. The first kappa shape index (κ1) is 11.7. The maximum Gasteiger partial charge on any atom is 0.187 e. The number of nitrogens with zero attached hydrogens (tertiary/aromatic N) is 2. The Balaban J connectivity index is 1.90. The number of nitriles is 1.